The molecular weight excluding hydrogens is 388 g/mol. The average Bonchev–Trinajstić information content (AvgIpc) is 3.54. The van der Waals surface area contributed by atoms with Gasteiger partial charge in [0.15, 0.2) is 0 Å². The second-order valence-electron chi connectivity index (χ2n) is 6.84. The minimum absolute atomic E-state index is 0.0595. The fourth-order valence-corrected chi connectivity index (χ4v) is 3.57. The van der Waals surface area contributed by atoms with Gasteiger partial charge in [0.2, 0.25) is 11.8 Å². The van der Waals surface area contributed by atoms with Gasteiger partial charge in [0.1, 0.15) is 0 Å². The van der Waals surface area contributed by atoms with Crippen molar-refractivity contribution in [3.63, 3.8) is 0 Å². The standard InChI is InChI=1S/C22H24N2O4S/c1-3-28-22(27)16-9-11-17(12-10-16)23-20(25)14(2)29-19-6-4-5-18(13-19)24-21(26)15-7-8-15/h4-6,9-15H,3,7-8H2,1-2H3,(H,23,25)(H,24,26). The molecule has 3 rings (SSSR count). The Hall–Kier alpha value is -2.80. The van der Waals surface area contributed by atoms with Crippen molar-refractivity contribution in [3.05, 3.63) is 54.1 Å². The SMILES string of the molecule is CCOC(=O)c1ccc(NC(=O)C(C)Sc2cccc(NC(=O)C3CC3)c2)cc1. The van der Waals surface area contributed by atoms with E-state index < -0.39 is 0 Å². The largest absolute Gasteiger partial charge is 0.462 e. The molecule has 1 aliphatic carbocycles. The normalized spacial score (nSPS) is 14.0. The zero-order valence-corrected chi connectivity index (χ0v) is 17.3. The van der Waals surface area contributed by atoms with Crippen LogP contribution in [0.15, 0.2) is 53.4 Å². The molecule has 0 aromatic heterocycles. The van der Waals surface area contributed by atoms with Gasteiger partial charge in [0.05, 0.1) is 17.4 Å². The number of nitrogens with one attached hydrogen (secondary N) is 2. The molecule has 1 aliphatic rings. The van der Waals surface area contributed by atoms with Gasteiger partial charge >= 0.3 is 5.97 Å². The van der Waals surface area contributed by atoms with Gasteiger partial charge in [0, 0.05) is 22.2 Å². The Kier molecular flexibility index (Phi) is 6.93. The van der Waals surface area contributed by atoms with E-state index in [4.69, 9.17) is 4.74 Å². The zero-order valence-electron chi connectivity index (χ0n) is 16.4. The Morgan fingerprint density at radius 1 is 1.07 bits per heavy atom. The molecule has 2 N–H and O–H groups in total. The average molecular weight is 413 g/mol. The smallest absolute Gasteiger partial charge is 0.338 e. The van der Waals surface area contributed by atoms with Gasteiger partial charge in [-0.3, -0.25) is 9.59 Å². The first-order chi connectivity index (χ1) is 14.0. The van der Waals surface area contributed by atoms with Crippen molar-refractivity contribution in [3.8, 4) is 0 Å². The molecule has 1 fully saturated rings. The highest BCUT2D eigenvalue weighted by Gasteiger charge is 2.29. The number of thioether (sulfide) groups is 1. The Bertz CT molecular complexity index is 894. The number of hydrogen-bond donors (Lipinski definition) is 2. The maximum absolute atomic E-state index is 12.5. The van der Waals surface area contributed by atoms with Gasteiger partial charge in [-0.2, -0.15) is 0 Å². The molecule has 2 amide bonds. The van der Waals surface area contributed by atoms with Crippen LogP contribution in [0.3, 0.4) is 0 Å². The van der Waals surface area contributed by atoms with Crippen LogP contribution in [0.5, 0.6) is 0 Å². The molecule has 7 heteroatoms. The number of benzene rings is 2. The molecule has 1 atom stereocenters. The molecular formula is C22H24N2O4S. The van der Waals surface area contributed by atoms with E-state index in [0.717, 1.165) is 23.4 Å². The van der Waals surface area contributed by atoms with E-state index in [0.29, 0.717) is 17.9 Å². The van der Waals surface area contributed by atoms with Gasteiger partial charge in [-0.25, -0.2) is 4.79 Å². The highest BCUT2D eigenvalue weighted by Crippen LogP contribution is 2.31. The van der Waals surface area contributed by atoms with Crippen LogP contribution in [0.25, 0.3) is 0 Å². The van der Waals surface area contributed by atoms with Crippen molar-refractivity contribution in [2.75, 3.05) is 17.2 Å². The topological polar surface area (TPSA) is 84.5 Å². The quantitative estimate of drug-likeness (QED) is 0.498. The number of anilines is 2. The van der Waals surface area contributed by atoms with Crippen molar-refractivity contribution in [2.45, 2.75) is 36.8 Å². The lowest BCUT2D eigenvalue weighted by molar-refractivity contribution is -0.117. The Balaban J connectivity index is 1.55. The van der Waals surface area contributed by atoms with Crippen molar-refractivity contribution < 1.29 is 19.1 Å². The Labute approximate surface area is 174 Å². The van der Waals surface area contributed by atoms with E-state index >= 15 is 0 Å². The lowest BCUT2D eigenvalue weighted by Crippen LogP contribution is -2.22. The van der Waals surface area contributed by atoms with E-state index in [1.807, 2.05) is 31.2 Å². The second kappa shape index (κ2) is 9.60. The summed E-state index contributed by atoms with van der Waals surface area (Å²) in [4.78, 5) is 37.0. The highest BCUT2D eigenvalue weighted by molar-refractivity contribution is 8.00. The third-order valence-electron chi connectivity index (χ3n) is 4.40. The summed E-state index contributed by atoms with van der Waals surface area (Å²) in [7, 11) is 0. The number of esters is 1. The molecule has 2 aromatic carbocycles. The monoisotopic (exact) mass is 412 g/mol. The summed E-state index contributed by atoms with van der Waals surface area (Å²) in [6.45, 7) is 3.89. The molecule has 29 heavy (non-hydrogen) atoms. The number of amides is 2. The van der Waals surface area contributed by atoms with Crippen molar-refractivity contribution in [1.29, 1.82) is 0 Å². The molecule has 0 heterocycles. The van der Waals surface area contributed by atoms with Crippen LogP contribution in [-0.2, 0) is 14.3 Å². The first-order valence-corrected chi connectivity index (χ1v) is 10.5. The molecule has 0 bridgehead atoms. The summed E-state index contributed by atoms with van der Waals surface area (Å²) in [6.07, 6.45) is 1.91. The van der Waals surface area contributed by atoms with E-state index in [2.05, 4.69) is 10.6 Å². The molecule has 6 nitrogen and oxygen atoms in total. The van der Waals surface area contributed by atoms with Crippen LogP contribution in [0.4, 0.5) is 11.4 Å². The summed E-state index contributed by atoms with van der Waals surface area (Å²) in [5, 5.41) is 5.43. The molecule has 0 saturated heterocycles. The second-order valence-corrected chi connectivity index (χ2v) is 8.25. The predicted octanol–water partition coefficient (Wildman–Crippen LogP) is 4.33. The summed E-state index contributed by atoms with van der Waals surface area (Å²) >= 11 is 1.41. The van der Waals surface area contributed by atoms with Crippen LogP contribution in [-0.4, -0.2) is 29.6 Å². The number of carbonyl (C=O) groups is 3. The molecule has 1 unspecified atom stereocenters. The van der Waals surface area contributed by atoms with Crippen molar-refractivity contribution >= 4 is 40.9 Å². The van der Waals surface area contributed by atoms with Gasteiger partial charge in [-0.05, 0) is 69.2 Å². The minimum Gasteiger partial charge on any atom is -0.462 e. The van der Waals surface area contributed by atoms with E-state index in [-0.39, 0.29) is 29.0 Å². The van der Waals surface area contributed by atoms with Crippen molar-refractivity contribution in [1.82, 2.24) is 0 Å². The van der Waals surface area contributed by atoms with Crippen LogP contribution >= 0.6 is 11.8 Å². The Morgan fingerprint density at radius 3 is 2.45 bits per heavy atom. The van der Waals surface area contributed by atoms with Gasteiger partial charge in [-0.1, -0.05) is 6.07 Å². The first kappa shape index (κ1) is 20.9. The highest BCUT2D eigenvalue weighted by atomic mass is 32.2. The molecule has 1 saturated carbocycles. The zero-order chi connectivity index (χ0) is 20.8. The fraction of sp³-hybridized carbons (Fsp3) is 0.318. The Morgan fingerprint density at radius 2 is 1.79 bits per heavy atom. The minimum atomic E-state index is -0.386. The third kappa shape index (κ3) is 6.09. The maximum Gasteiger partial charge on any atom is 0.338 e. The summed E-state index contributed by atoms with van der Waals surface area (Å²) in [5.41, 5.74) is 1.80. The molecule has 0 radical (unpaired) electrons. The lowest BCUT2D eigenvalue weighted by Gasteiger charge is -2.13. The predicted molar refractivity (Wildman–Crippen MR) is 114 cm³/mol. The van der Waals surface area contributed by atoms with Crippen LogP contribution in [0, 0.1) is 5.92 Å². The van der Waals surface area contributed by atoms with E-state index in [1.165, 1.54) is 11.8 Å². The number of ether oxygens (including phenoxy) is 1. The molecule has 2 aromatic rings. The molecule has 0 spiro atoms. The third-order valence-corrected chi connectivity index (χ3v) is 5.49. The summed E-state index contributed by atoms with van der Waals surface area (Å²) in [6, 6.07) is 14.1. The van der Waals surface area contributed by atoms with Crippen LogP contribution in [0.2, 0.25) is 0 Å². The maximum atomic E-state index is 12.5. The first-order valence-electron chi connectivity index (χ1n) is 9.62. The molecule has 0 aliphatic heterocycles. The summed E-state index contributed by atoms with van der Waals surface area (Å²) < 4.78 is 4.95. The fourth-order valence-electron chi connectivity index (χ4n) is 2.64. The number of hydrogen-bond acceptors (Lipinski definition) is 5. The van der Waals surface area contributed by atoms with Gasteiger partial charge in [-0.15, -0.1) is 11.8 Å². The summed E-state index contributed by atoms with van der Waals surface area (Å²) in [5.74, 6) is -0.329. The van der Waals surface area contributed by atoms with Crippen LogP contribution < -0.4 is 10.6 Å². The van der Waals surface area contributed by atoms with E-state index in [9.17, 15) is 14.4 Å². The van der Waals surface area contributed by atoms with E-state index in [1.54, 1.807) is 31.2 Å². The van der Waals surface area contributed by atoms with Gasteiger partial charge in [0.25, 0.3) is 0 Å². The van der Waals surface area contributed by atoms with Crippen molar-refractivity contribution in [2.24, 2.45) is 5.92 Å². The van der Waals surface area contributed by atoms with Crippen LogP contribution in [0.1, 0.15) is 37.0 Å². The number of carbonyl (C=O) groups excluding carboxylic acids is 3. The molecule has 152 valence electrons. The van der Waals surface area contributed by atoms with Gasteiger partial charge < -0.3 is 15.4 Å². The number of rotatable bonds is 8. The lowest BCUT2D eigenvalue weighted by atomic mass is 10.2.